The molecule has 3 rings (SSSR count). The number of rotatable bonds is 0. The molecule has 114 valence electrons. The van der Waals surface area contributed by atoms with Gasteiger partial charge in [0.1, 0.15) is 23.0 Å². The van der Waals surface area contributed by atoms with E-state index in [9.17, 15) is 38.0 Å². The standard InChI is InChI=1S/C14H6F4O4/c15-9-7-8(10(16)12(18)11(9)17)14(22)6-4(20)2-1-3(19)5(6)13(7)21/h1-2,19-22H. The second kappa shape index (κ2) is 4.30. The van der Waals surface area contributed by atoms with Gasteiger partial charge in [0.25, 0.3) is 0 Å². The highest BCUT2D eigenvalue weighted by Crippen LogP contribution is 2.50. The molecule has 0 bridgehead atoms. The Hall–Kier alpha value is -2.90. The first kappa shape index (κ1) is 14.1. The van der Waals surface area contributed by atoms with Crippen LogP contribution >= 0.6 is 0 Å². The van der Waals surface area contributed by atoms with Crippen LogP contribution < -0.4 is 0 Å². The first-order valence-corrected chi connectivity index (χ1v) is 5.81. The van der Waals surface area contributed by atoms with Gasteiger partial charge in [0.2, 0.25) is 0 Å². The largest absolute Gasteiger partial charge is 0.507 e. The van der Waals surface area contributed by atoms with Crippen molar-refractivity contribution in [2.24, 2.45) is 0 Å². The van der Waals surface area contributed by atoms with Gasteiger partial charge in [0, 0.05) is 0 Å². The molecule has 0 radical (unpaired) electrons. The van der Waals surface area contributed by atoms with E-state index in [-0.39, 0.29) is 0 Å². The monoisotopic (exact) mass is 314 g/mol. The number of hydrogen-bond acceptors (Lipinski definition) is 4. The van der Waals surface area contributed by atoms with E-state index in [4.69, 9.17) is 0 Å². The third-order valence-corrected chi connectivity index (χ3v) is 3.38. The summed E-state index contributed by atoms with van der Waals surface area (Å²) in [6.45, 7) is 0. The summed E-state index contributed by atoms with van der Waals surface area (Å²) >= 11 is 0. The molecule has 22 heavy (non-hydrogen) atoms. The average Bonchev–Trinajstić information content (AvgIpc) is 2.48. The van der Waals surface area contributed by atoms with Crippen LogP contribution in [0, 0.1) is 23.3 Å². The second-order valence-electron chi connectivity index (χ2n) is 4.56. The van der Waals surface area contributed by atoms with Crippen molar-refractivity contribution in [2.75, 3.05) is 0 Å². The Balaban J connectivity index is 2.79. The SMILES string of the molecule is Oc1ccc(O)c2c(O)c3c(F)c(F)c(F)c(F)c3c(O)c12. The molecule has 0 saturated heterocycles. The summed E-state index contributed by atoms with van der Waals surface area (Å²) in [7, 11) is 0. The Morgan fingerprint density at radius 2 is 0.818 bits per heavy atom. The van der Waals surface area contributed by atoms with Gasteiger partial charge in [-0.25, -0.2) is 17.6 Å². The summed E-state index contributed by atoms with van der Waals surface area (Å²) in [6, 6.07) is 1.83. The van der Waals surface area contributed by atoms with Gasteiger partial charge in [0.15, 0.2) is 23.3 Å². The van der Waals surface area contributed by atoms with Crippen LogP contribution in [-0.2, 0) is 0 Å². The zero-order valence-corrected chi connectivity index (χ0v) is 10.5. The molecule has 3 aromatic rings. The smallest absolute Gasteiger partial charge is 0.198 e. The van der Waals surface area contributed by atoms with Crippen molar-refractivity contribution in [2.45, 2.75) is 0 Å². The quantitative estimate of drug-likeness (QED) is 0.169. The fourth-order valence-electron chi connectivity index (χ4n) is 2.39. The lowest BCUT2D eigenvalue weighted by atomic mass is 9.98. The fourth-order valence-corrected chi connectivity index (χ4v) is 2.39. The molecule has 0 spiro atoms. The van der Waals surface area contributed by atoms with E-state index < -0.39 is 67.8 Å². The maximum absolute atomic E-state index is 13.8. The van der Waals surface area contributed by atoms with E-state index in [1.165, 1.54) is 0 Å². The molecular formula is C14H6F4O4. The topological polar surface area (TPSA) is 80.9 Å². The zero-order valence-electron chi connectivity index (χ0n) is 10.5. The van der Waals surface area contributed by atoms with Crippen molar-refractivity contribution < 1.29 is 38.0 Å². The molecule has 0 amide bonds. The molecule has 8 heteroatoms. The highest BCUT2D eigenvalue weighted by atomic mass is 19.2. The molecule has 0 aliphatic heterocycles. The van der Waals surface area contributed by atoms with Gasteiger partial charge < -0.3 is 20.4 Å². The predicted molar refractivity (Wildman–Crippen MR) is 67.9 cm³/mol. The van der Waals surface area contributed by atoms with Crippen LogP contribution in [0.3, 0.4) is 0 Å². The summed E-state index contributed by atoms with van der Waals surface area (Å²) in [6.07, 6.45) is 0. The zero-order chi connectivity index (χ0) is 16.3. The van der Waals surface area contributed by atoms with Gasteiger partial charge in [-0.1, -0.05) is 0 Å². The third-order valence-electron chi connectivity index (χ3n) is 3.38. The number of benzene rings is 3. The van der Waals surface area contributed by atoms with Crippen molar-refractivity contribution in [3.05, 3.63) is 35.4 Å². The minimum Gasteiger partial charge on any atom is -0.507 e. The maximum Gasteiger partial charge on any atom is 0.198 e. The van der Waals surface area contributed by atoms with Gasteiger partial charge in [-0.2, -0.15) is 0 Å². The highest BCUT2D eigenvalue weighted by molar-refractivity contribution is 6.14. The van der Waals surface area contributed by atoms with Crippen molar-refractivity contribution in [1.29, 1.82) is 0 Å². The maximum atomic E-state index is 13.8. The van der Waals surface area contributed by atoms with E-state index in [1.54, 1.807) is 0 Å². The number of phenolic OH excluding ortho intramolecular Hbond substituents is 4. The lowest BCUT2D eigenvalue weighted by Gasteiger charge is -2.13. The fraction of sp³-hybridized carbons (Fsp3) is 0. The number of fused-ring (bicyclic) bond motifs is 2. The molecule has 0 aliphatic carbocycles. The Kier molecular flexibility index (Phi) is 2.74. The van der Waals surface area contributed by atoms with E-state index in [0.717, 1.165) is 12.1 Å². The van der Waals surface area contributed by atoms with E-state index >= 15 is 0 Å². The second-order valence-corrected chi connectivity index (χ2v) is 4.56. The third kappa shape index (κ3) is 1.51. The first-order valence-electron chi connectivity index (χ1n) is 5.81. The predicted octanol–water partition coefficient (Wildman–Crippen LogP) is 3.37. The van der Waals surface area contributed by atoms with Crippen LogP contribution in [0.15, 0.2) is 12.1 Å². The Labute approximate surface area is 119 Å². The summed E-state index contributed by atoms with van der Waals surface area (Å²) in [5.41, 5.74) is 0. The summed E-state index contributed by atoms with van der Waals surface area (Å²) in [5.74, 6) is -11.9. The lowest BCUT2D eigenvalue weighted by Crippen LogP contribution is -1.99. The van der Waals surface area contributed by atoms with Crippen LogP contribution in [0.25, 0.3) is 21.5 Å². The van der Waals surface area contributed by atoms with Crippen LogP contribution in [0.2, 0.25) is 0 Å². The van der Waals surface area contributed by atoms with Crippen molar-refractivity contribution >= 4 is 21.5 Å². The van der Waals surface area contributed by atoms with Gasteiger partial charge in [-0.3, -0.25) is 0 Å². The molecule has 0 heterocycles. The Morgan fingerprint density at radius 1 is 0.500 bits per heavy atom. The Bertz CT molecular complexity index is 891. The highest BCUT2D eigenvalue weighted by Gasteiger charge is 2.29. The minimum absolute atomic E-state index is 0.630. The van der Waals surface area contributed by atoms with E-state index in [0.29, 0.717) is 0 Å². The normalized spacial score (nSPS) is 11.5. The number of aromatic hydroxyl groups is 4. The summed E-state index contributed by atoms with van der Waals surface area (Å²) < 4.78 is 54.3. The van der Waals surface area contributed by atoms with Gasteiger partial charge in [-0.05, 0) is 12.1 Å². The summed E-state index contributed by atoms with van der Waals surface area (Å²) in [5, 5.41) is 35.8. The lowest BCUT2D eigenvalue weighted by molar-refractivity contribution is 0.410. The first-order chi connectivity index (χ1) is 10.3. The minimum atomic E-state index is -2.18. The molecule has 0 fully saturated rings. The van der Waals surface area contributed by atoms with E-state index in [2.05, 4.69) is 0 Å². The molecule has 0 unspecified atom stereocenters. The summed E-state index contributed by atoms with van der Waals surface area (Å²) in [4.78, 5) is 0. The van der Waals surface area contributed by atoms with Crippen LogP contribution in [0.5, 0.6) is 23.0 Å². The van der Waals surface area contributed by atoms with Crippen LogP contribution in [0.1, 0.15) is 0 Å². The van der Waals surface area contributed by atoms with E-state index in [1.807, 2.05) is 0 Å². The Morgan fingerprint density at radius 3 is 1.14 bits per heavy atom. The molecule has 0 aromatic heterocycles. The van der Waals surface area contributed by atoms with Gasteiger partial charge >= 0.3 is 0 Å². The van der Waals surface area contributed by atoms with Crippen molar-refractivity contribution in [3.8, 4) is 23.0 Å². The van der Waals surface area contributed by atoms with Gasteiger partial charge in [0.05, 0.1) is 21.5 Å². The van der Waals surface area contributed by atoms with Gasteiger partial charge in [-0.15, -0.1) is 0 Å². The molecule has 0 atom stereocenters. The number of phenols is 4. The molecule has 4 N–H and O–H groups in total. The average molecular weight is 314 g/mol. The van der Waals surface area contributed by atoms with Crippen LogP contribution in [-0.4, -0.2) is 20.4 Å². The molecule has 0 saturated carbocycles. The van der Waals surface area contributed by atoms with Crippen LogP contribution in [0.4, 0.5) is 17.6 Å². The van der Waals surface area contributed by atoms with Crippen molar-refractivity contribution in [1.82, 2.24) is 0 Å². The molecule has 4 nitrogen and oxygen atoms in total. The molecular weight excluding hydrogens is 308 g/mol. The number of halogens is 4. The molecule has 0 aliphatic rings. The number of hydrogen-bond donors (Lipinski definition) is 4. The molecule has 3 aromatic carbocycles. The van der Waals surface area contributed by atoms with Crippen molar-refractivity contribution in [3.63, 3.8) is 0 Å².